The van der Waals surface area contributed by atoms with Crippen LogP contribution in [-0.4, -0.2) is 34.7 Å². The highest BCUT2D eigenvalue weighted by atomic mass is 16.5. The summed E-state index contributed by atoms with van der Waals surface area (Å²) in [6, 6.07) is 13.5. The Morgan fingerprint density at radius 1 is 1.07 bits per heavy atom. The van der Waals surface area contributed by atoms with E-state index in [0.29, 0.717) is 27.8 Å². The van der Waals surface area contributed by atoms with E-state index in [1.165, 1.54) is 18.7 Å². The van der Waals surface area contributed by atoms with Crippen LogP contribution in [0.15, 0.2) is 53.3 Å². The number of hydrogen-bond donors (Lipinski definition) is 0. The first-order valence-electron chi connectivity index (χ1n) is 8.73. The van der Waals surface area contributed by atoms with Gasteiger partial charge in [0.05, 0.1) is 24.6 Å². The summed E-state index contributed by atoms with van der Waals surface area (Å²) < 4.78 is 11.6. The standard InChI is InChI=1S/C21H20N2O5/c1-13(20(25)14-8-10-15(27-3)11-9-14)28-19(24)12-18-16-6-4-5-7-17(16)21(26)23(2)22-18/h4-11,13H,12H2,1-3H3. The maximum atomic E-state index is 12.5. The summed E-state index contributed by atoms with van der Waals surface area (Å²) in [5.74, 6) is -0.270. The van der Waals surface area contributed by atoms with Crippen molar-refractivity contribution in [3.63, 3.8) is 0 Å². The van der Waals surface area contributed by atoms with Gasteiger partial charge in [-0.2, -0.15) is 5.10 Å². The van der Waals surface area contributed by atoms with Crippen LogP contribution in [0.2, 0.25) is 0 Å². The third kappa shape index (κ3) is 3.93. The van der Waals surface area contributed by atoms with E-state index in [2.05, 4.69) is 5.10 Å². The molecular weight excluding hydrogens is 360 g/mol. The first-order valence-corrected chi connectivity index (χ1v) is 8.73. The zero-order valence-electron chi connectivity index (χ0n) is 15.8. The lowest BCUT2D eigenvalue weighted by Gasteiger charge is -2.13. The van der Waals surface area contributed by atoms with Gasteiger partial charge in [-0.05, 0) is 37.3 Å². The highest BCUT2D eigenvalue weighted by molar-refractivity contribution is 6.00. The lowest BCUT2D eigenvalue weighted by molar-refractivity contribution is -0.145. The Kier molecular flexibility index (Phi) is 5.54. The highest BCUT2D eigenvalue weighted by Gasteiger charge is 2.21. The Morgan fingerprint density at radius 2 is 1.71 bits per heavy atom. The monoisotopic (exact) mass is 380 g/mol. The third-order valence-electron chi connectivity index (χ3n) is 4.40. The maximum absolute atomic E-state index is 12.5. The predicted molar refractivity (Wildman–Crippen MR) is 104 cm³/mol. The normalized spacial score (nSPS) is 11.8. The number of fused-ring (bicyclic) bond motifs is 1. The molecule has 0 N–H and O–H groups in total. The van der Waals surface area contributed by atoms with Crippen molar-refractivity contribution in [3.8, 4) is 5.75 Å². The molecule has 0 saturated heterocycles. The van der Waals surface area contributed by atoms with E-state index in [0.717, 1.165) is 0 Å². The van der Waals surface area contributed by atoms with Crippen molar-refractivity contribution in [1.29, 1.82) is 0 Å². The van der Waals surface area contributed by atoms with Gasteiger partial charge in [-0.25, -0.2) is 4.68 Å². The van der Waals surface area contributed by atoms with Gasteiger partial charge in [0.2, 0.25) is 5.78 Å². The number of benzene rings is 2. The Bertz CT molecular complexity index is 1090. The largest absolute Gasteiger partial charge is 0.497 e. The topological polar surface area (TPSA) is 87.5 Å². The smallest absolute Gasteiger partial charge is 0.312 e. The molecule has 1 heterocycles. The van der Waals surface area contributed by atoms with Crippen molar-refractivity contribution < 1.29 is 19.1 Å². The maximum Gasteiger partial charge on any atom is 0.312 e. The number of esters is 1. The number of rotatable bonds is 6. The van der Waals surface area contributed by atoms with Crippen molar-refractivity contribution in [1.82, 2.24) is 9.78 Å². The number of aryl methyl sites for hydroxylation is 1. The minimum Gasteiger partial charge on any atom is -0.497 e. The van der Waals surface area contributed by atoms with E-state index in [4.69, 9.17) is 9.47 Å². The number of aromatic nitrogens is 2. The molecule has 144 valence electrons. The molecule has 0 amide bonds. The van der Waals surface area contributed by atoms with Crippen molar-refractivity contribution in [2.75, 3.05) is 7.11 Å². The molecule has 0 radical (unpaired) electrons. The molecule has 0 saturated carbocycles. The molecule has 0 fully saturated rings. The molecule has 0 aliphatic heterocycles. The molecular formula is C21H20N2O5. The number of nitrogens with zero attached hydrogens (tertiary/aromatic N) is 2. The predicted octanol–water partition coefficient (Wildman–Crippen LogP) is 2.30. The molecule has 1 atom stereocenters. The zero-order chi connectivity index (χ0) is 20.3. The van der Waals surface area contributed by atoms with Crippen molar-refractivity contribution >= 4 is 22.5 Å². The molecule has 0 bridgehead atoms. The van der Waals surface area contributed by atoms with Crippen LogP contribution in [0.1, 0.15) is 23.0 Å². The second-order valence-electron chi connectivity index (χ2n) is 6.32. The van der Waals surface area contributed by atoms with Crippen LogP contribution < -0.4 is 10.3 Å². The second-order valence-corrected chi connectivity index (χ2v) is 6.32. The molecule has 3 aromatic rings. The van der Waals surface area contributed by atoms with Gasteiger partial charge < -0.3 is 9.47 Å². The number of carbonyl (C=O) groups excluding carboxylic acids is 2. The van der Waals surface area contributed by atoms with Crippen LogP contribution >= 0.6 is 0 Å². The summed E-state index contributed by atoms with van der Waals surface area (Å²) in [4.78, 5) is 37.0. The molecule has 1 unspecified atom stereocenters. The summed E-state index contributed by atoms with van der Waals surface area (Å²) in [7, 11) is 3.07. The van der Waals surface area contributed by atoms with Crippen LogP contribution in [0.4, 0.5) is 0 Å². The summed E-state index contributed by atoms with van der Waals surface area (Å²) in [6.45, 7) is 1.52. The number of ether oxygens (including phenoxy) is 2. The Hall–Kier alpha value is -3.48. The summed E-state index contributed by atoms with van der Waals surface area (Å²) in [5.41, 5.74) is 0.606. The van der Waals surface area contributed by atoms with E-state index in [-0.39, 0.29) is 17.8 Å². The van der Waals surface area contributed by atoms with Gasteiger partial charge in [0.15, 0.2) is 6.10 Å². The van der Waals surface area contributed by atoms with Gasteiger partial charge >= 0.3 is 5.97 Å². The number of methoxy groups -OCH3 is 1. The van der Waals surface area contributed by atoms with Crippen molar-refractivity contribution in [2.24, 2.45) is 7.05 Å². The average molecular weight is 380 g/mol. The summed E-state index contributed by atoms with van der Waals surface area (Å²) in [5, 5.41) is 5.25. The minimum absolute atomic E-state index is 0.144. The lowest BCUT2D eigenvalue weighted by Crippen LogP contribution is -2.27. The fraction of sp³-hybridized carbons (Fsp3) is 0.238. The number of Topliss-reactive ketones (excluding diaryl/α,β-unsaturated/α-hetero) is 1. The first kappa shape index (κ1) is 19.3. The number of carbonyl (C=O) groups is 2. The average Bonchev–Trinajstić information content (AvgIpc) is 2.71. The van der Waals surface area contributed by atoms with Gasteiger partial charge in [0.1, 0.15) is 5.75 Å². The molecule has 7 nitrogen and oxygen atoms in total. The minimum atomic E-state index is -0.945. The Balaban J connectivity index is 1.75. The van der Waals surface area contributed by atoms with Crippen LogP contribution in [0, 0.1) is 0 Å². The van der Waals surface area contributed by atoms with E-state index < -0.39 is 12.1 Å². The molecule has 2 aromatic carbocycles. The van der Waals surface area contributed by atoms with Gasteiger partial charge in [0.25, 0.3) is 5.56 Å². The van der Waals surface area contributed by atoms with Crippen LogP contribution in [0.25, 0.3) is 10.8 Å². The number of hydrogen-bond acceptors (Lipinski definition) is 6. The summed E-state index contributed by atoms with van der Waals surface area (Å²) in [6.07, 6.45) is -1.09. The fourth-order valence-electron chi connectivity index (χ4n) is 2.93. The first-order chi connectivity index (χ1) is 13.4. The molecule has 1 aromatic heterocycles. The number of ketones is 1. The molecule has 7 heteroatoms. The van der Waals surface area contributed by atoms with Gasteiger partial charge in [0, 0.05) is 18.0 Å². The van der Waals surface area contributed by atoms with Gasteiger partial charge in [-0.15, -0.1) is 0 Å². The molecule has 28 heavy (non-hydrogen) atoms. The van der Waals surface area contributed by atoms with Crippen LogP contribution in [-0.2, 0) is 23.0 Å². The molecule has 0 spiro atoms. The highest BCUT2D eigenvalue weighted by Crippen LogP contribution is 2.16. The van der Waals surface area contributed by atoms with Gasteiger partial charge in [-0.3, -0.25) is 14.4 Å². The van der Waals surface area contributed by atoms with Crippen molar-refractivity contribution in [2.45, 2.75) is 19.4 Å². The molecule has 0 aliphatic rings. The lowest BCUT2D eigenvalue weighted by atomic mass is 10.1. The third-order valence-corrected chi connectivity index (χ3v) is 4.40. The van der Waals surface area contributed by atoms with Gasteiger partial charge in [-0.1, -0.05) is 18.2 Å². The van der Waals surface area contributed by atoms with E-state index in [9.17, 15) is 14.4 Å². The zero-order valence-corrected chi connectivity index (χ0v) is 15.8. The van der Waals surface area contributed by atoms with Crippen LogP contribution in [0.5, 0.6) is 5.75 Å². The summed E-state index contributed by atoms with van der Waals surface area (Å²) >= 11 is 0. The van der Waals surface area contributed by atoms with E-state index in [1.54, 1.807) is 55.6 Å². The SMILES string of the molecule is COc1ccc(C(=O)C(C)OC(=O)Cc2nn(C)c(=O)c3ccccc23)cc1. The van der Waals surface area contributed by atoms with Crippen molar-refractivity contribution in [3.05, 3.63) is 70.1 Å². The Labute approximate surface area is 161 Å². The van der Waals surface area contributed by atoms with Crippen LogP contribution in [0.3, 0.4) is 0 Å². The quantitative estimate of drug-likeness (QED) is 0.482. The second kappa shape index (κ2) is 8.04. The molecule has 0 aliphatic carbocycles. The Morgan fingerprint density at radius 3 is 2.36 bits per heavy atom. The molecule has 3 rings (SSSR count). The van der Waals surface area contributed by atoms with E-state index >= 15 is 0 Å². The fourth-order valence-corrected chi connectivity index (χ4v) is 2.93. The van der Waals surface area contributed by atoms with E-state index in [1.807, 2.05) is 0 Å².